The molecule has 1 aromatic carbocycles. The molecule has 0 unspecified atom stereocenters. The van der Waals surface area contributed by atoms with Crippen molar-refractivity contribution >= 4 is 39.9 Å². The fraction of sp³-hybridized carbons (Fsp3) is 0.250. The van der Waals surface area contributed by atoms with Gasteiger partial charge in [0.15, 0.2) is 0 Å². The molecule has 4 N–H and O–H groups in total. The van der Waals surface area contributed by atoms with E-state index in [1.54, 1.807) is 19.4 Å². The third kappa shape index (κ3) is 5.09. The van der Waals surface area contributed by atoms with E-state index in [2.05, 4.69) is 20.6 Å². The largest absolute Gasteiger partial charge is 0.383 e. The monoisotopic (exact) mass is 401 g/mol. The van der Waals surface area contributed by atoms with Crippen LogP contribution in [0.25, 0.3) is 10.8 Å². The number of nitrogen functional groups attached to an aromatic ring is 1. The highest BCUT2D eigenvalue weighted by molar-refractivity contribution is 6.33. The lowest BCUT2D eigenvalue weighted by Gasteiger charge is -2.10. The van der Waals surface area contributed by atoms with Crippen LogP contribution in [-0.4, -0.2) is 36.1 Å². The van der Waals surface area contributed by atoms with Crippen LogP contribution >= 0.6 is 11.6 Å². The van der Waals surface area contributed by atoms with Gasteiger partial charge in [-0.2, -0.15) is 0 Å². The van der Waals surface area contributed by atoms with Crippen LogP contribution in [0.4, 0.5) is 11.6 Å². The second-order valence-electron chi connectivity index (χ2n) is 5.91. The highest BCUT2D eigenvalue weighted by Crippen LogP contribution is 2.21. The van der Waals surface area contributed by atoms with Crippen molar-refractivity contribution in [2.24, 2.45) is 0 Å². The van der Waals surface area contributed by atoms with Crippen molar-refractivity contribution in [1.29, 1.82) is 0 Å². The number of rotatable bonds is 7. The number of nitrogens with one attached hydrogen (secondary N) is 2. The molecule has 3 aromatic rings. The minimum atomic E-state index is -0.248. The van der Waals surface area contributed by atoms with E-state index in [4.69, 9.17) is 22.1 Å². The number of methoxy groups -OCH3 is 1. The molecule has 2 aromatic heterocycles. The van der Waals surface area contributed by atoms with Gasteiger partial charge in [0.25, 0.3) is 5.91 Å². The molecule has 28 heavy (non-hydrogen) atoms. The Hall–Kier alpha value is -2.90. The number of hydrogen-bond acceptors (Lipinski definition) is 6. The summed E-state index contributed by atoms with van der Waals surface area (Å²) in [6.07, 6.45) is 3.15. The summed E-state index contributed by atoms with van der Waals surface area (Å²) in [5.74, 6) is 0.760. The number of halogens is 1. The first-order valence-corrected chi connectivity index (χ1v) is 8.76. The Morgan fingerprint density at radius 1 is 1.25 bits per heavy atom. The molecule has 0 aliphatic rings. The van der Waals surface area contributed by atoms with Crippen LogP contribution in [0.15, 0.2) is 42.7 Å². The molecule has 1 amide bonds. The number of hydrogen-bond donors (Lipinski definition) is 3. The van der Waals surface area contributed by atoms with Crippen molar-refractivity contribution in [1.82, 2.24) is 15.3 Å². The molecule has 0 radical (unpaired) electrons. The predicted octanol–water partition coefficient (Wildman–Crippen LogP) is 3.49. The number of anilines is 2. The number of carbonyl (C=O) groups is 1. The lowest BCUT2D eigenvalue weighted by molar-refractivity contribution is 0.0950. The Kier molecular flexibility index (Phi) is 7.54. The molecular weight excluding hydrogens is 378 g/mol. The summed E-state index contributed by atoms with van der Waals surface area (Å²) >= 11 is 6.19. The van der Waals surface area contributed by atoms with E-state index in [1.807, 2.05) is 24.3 Å². The molecule has 148 valence electrons. The van der Waals surface area contributed by atoms with E-state index >= 15 is 0 Å². The van der Waals surface area contributed by atoms with E-state index in [0.29, 0.717) is 41.9 Å². The molecule has 2 heterocycles. The molecule has 7 nitrogen and oxygen atoms in total. The Balaban J connectivity index is 0.00000280. The van der Waals surface area contributed by atoms with Crippen LogP contribution in [-0.2, 0) is 11.3 Å². The van der Waals surface area contributed by atoms with Crippen molar-refractivity contribution < 1.29 is 9.53 Å². The summed E-state index contributed by atoms with van der Waals surface area (Å²) in [5.41, 5.74) is 7.21. The zero-order chi connectivity index (χ0) is 19.2. The van der Waals surface area contributed by atoms with Crippen molar-refractivity contribution in [3.8, 4) is 0 Å². The number of nitrogens with zero attached hydrogens (tertiary/aromatic N) is 2. The molecule has 0 aliphatic carbocycles. The minimum absolute atomic E-state index is 0. The summed E-state index contributed by atoms with van der Waals surface area (Å²) < 4.78 is 4.96. The number of amides is 1. The van der Waals surface area contributed by atoms with E-state index in [1.165, 1.54) is 6.20 Å². The summed E-state index contributed by atoms with van der Waals surface area (Å²) in [5, 5.41) is 8.16. The fourth-order valence-electron chi connectivity index (χ4n) is 2.61. The van der Waals surface area contributed by atoms with Gasteiger partial charge in [-0.05, 0) is 29.1 Å². The SMILES string of the molecule is C.COCCNc1ncc(C(=O)NCc2ccc3c(N)nccc3c2)cc1Cl. The Labute approximate surface area is 169 Å². The van der Waals surface area contributed by atoms with Crippen molar-refractivity contribution in [3.05, 3.63) is 58.9 Å². The molecule has 8 heteroatoms. The zero-order valence-corrected chi connectivity index (χ0v) is 15.6. The van der Waals surface area contributed by atoms with Gasteiger partial charge >= 0.3 is 0 Å². The number of carbonyl (C=O) groups excluding carboxylic acids is 1. The standard InChI is InChI=1S/C19H20ClN5O2.CH4/c1-27-7-6-23-18-16(20)9-14(11-24-18)19(26)25-10-12-2-3-15-13(8-12)4-5-22-17(15)21;/h2-5,8-9,11H,6-7,10H2,1H3,(H2,21,22)(H,23,24)(H,25,26);1H4. The smallest absolute Gasteiger partial charge is 0.253 e. The molecule has 0 bridgehead atoms. The van der Waals surface area contributed by atoms with Gasteiger partial charge in [-0.1, -0.05) is 31.2 Å². The van der Waals surface area contributed by atoms with Gasteiger partial charge in [-0.15, -0.1) is 0 Å². The van der Waals surface area contributed by atoms with E-state index in [9.17, 15) is 4.79 Å². The molecule has 0 saturated carbocycles. The summed E-state index contributed by atoms with van der Waals surface area (Å²) in [7, 11) is 1.62. The Morgan fingerprint density at radius 2 is 2.07 bits per heavy atom. The molecule has 0 fully saturated rings. The number of nitrogens with two attached hydrogens (primary N) is 1. The van der Waals surface area contributed by atoms with Gasteiger partial charge in [0.2, 0.25) is 0 Å². The number of pyridine rings is 2. The quantitative estimate of drug-likeness (QED) is 0.524. The predicted molar refractivity (Wildman–Crippen MR) is 114 cm³/mol. The maximum atomic E-state index is 12.4. The van der Waals surface area contributed by atoms with Crippen LogP contribution in [0.1, 0.15) is 23.3 Å². The molecule has 3 rings (SSSR count). The third-order valence-corrected chi connectivity index (χ3v) is 4.30. The number of fused-ring (bicyclic) bond motifs is 1. The second-order valence-corrected chi connectivity index (χ2v) is 6.32. The highest BCUT2D eigenvalue weighted by Gasteiger charge is 2.10. The minimum Gasteiger partial charge on any atom is -0.383 e. The molecule has 0 atom stereocenters. The summed E-state index contributed by atoms with van der Waals surface area (Å²) in [6, 6.07) is 9.26. The van der Waals surface area contributed by atoms with Crippen molar-refractivity contribution in [2.45, 2.75) is 14.0 Å². The van der Waals surface area contributed by atoms with Gasteiger partial charge in [0.05, 0.1) is 17.2 Å². The number of ether oxygens (including phenoxy) is 1. The van der Waals surface area contributed by atoms with E-state index < -0.39 is 0 Å². The first-order valence-electron chi connectivity index (χ1n) is 8.38. The lowest BCUT2D eigenvalue weighted by Crippen LogP contribution is -2.23. The van der Waals surface area contributed by atoms with Gasteiger partial charge in [0.1, 0.15) is 11.6 Å². The topological polar surface area (TPSA) is 102 Å². The van der Waals surface area contributed by atoms with Gasteiger partial charge in [0, 0.05) is 38.0 Å². The van der Waals surface area contributed by atoms with Crippen LogP contribution in [0.3, 0.4) is 0 Å². The first-order chi connectivity index (χ1) is 13.1. The van der Waals surface area contributed by atoms with Crippen molar-refractivity contribution in [3.63, 3.8) is 0 Å². The average Bonchev–Trinajstić information content (AvgIpc) is 2.67. The first kappa shape index (κ1) is 21.4. The van der Waals surface area contributed by atoms with Gasteiger partial charge in [-0.25, -0.2) is 9.97 Å². The second kappa shape index (κ2) is 9.87. The number of benzene rings is 1. The molecule has 0 aliphatic heterocycles. The lowest BCUT2D eigenvalue weighted by atomic mass is 10.1. The Morgan fingerprint density at radius 3 is 2.82 bits per heavy atom. The van der Waals surface area contributed by atoms with Gasteiger partial charge < -0.3 is 21.1 Å². The van der Waals surface area contributed by atoms with Gasteiger partial charge in [-0.3, -0.25) is 4.79 Å². The van der Waals surface area contributed by atoms with Crippen LogP contribution in [0, 0.1) is 0 Å². The van der Waals surface area contributed by atoms with Crippen molar-refractivity contribution in [2.75, 3.05) is 31.3 Å². The average molecular weight is 402 g/mol. The third-order valence-electron chi connectivity index (χ3n) is 4.01. The van der Waals surface area contributed by atoms with Crippen LogP contribution in [0.5, 0.6) is 0 Å². The van der Waals surface area contributed by atoms with Crippen LogP contribution < -0.4 is 16.4 Å². The molecule has 0 saturated heterocycles. The molecule has 0 spiro atoms. The van der Waals surface area contributed by atoms with E-state index in [-0.39, 0.29) is 13.3 Å². The van der Waals surface area contributed by atoms with Crippen LogP contribution in [0.2, 0.25) is 5.02 Å². The van der Waals surface area contributed by atoms with E-state index in [0.717, 1.165) is 16.3 Å². The Bertz CT molecular complexity index is 964. The zero-order valence-electron chi connectivity index (χ0n) is 14.8. The molecular formula is C20H24ClN5O2. The maximum Gasteiger partial charge on any atom is 0.253 e. The summed E-state index contributed by atoms with van der Waals surface area (Å²) in [6.45, 7) is 1.49. The fourth-order valence-corrected chi connectivity index (χ4v) is 2.84. The highest BCUT2D eigenvalue weighted by atomic mass is 35.5. The normalized spacial score (nSPS) is 10.4. The summed E-state index contributed by atoms with van der Waals surface area (Å²) in [4.78, 5) is 20.6. The number of aromatic nitrogens is 2. The maximum absolute atomic E-state index is 12.4.